The zero-order chi connectivity index (χ0) is 16.4. The molecule has 0 heterocycles. The fraction of sp³-hybridized carbons (Fsp3) is 0.0588. The van der Waals surface area contributed by atoms with Gasteiger partial charge in [0.15, 0.2) is 6.10 Å². The van der Waals surface area contributed by atoms with Crippen LogP contribution in [0.3, 0.4) is 0 Å². The summed E-state index contributed by atoms with van der Waals surface area (Å²) in [4.78, 5) is 20.3. The van der Waals surface area contributed by atoms with E-state index in [2.05, 4.69) is 0 Å². The number of carboxylic acids is 2. The van der Waals surface area contributed by atoms with Crippen LogP contribution in [0.4, 0.5) is 0 Å². The van der Waals surface area contributed by atoms with Crippen molar-refractivity contribution in [2.45, 2.75) is 6.10 Å². The minimum Gasteiger partial charge on any atom is -0.479 e. The van der Waals surface area contributed by atoms with Crippen LogP contribution >= 0.6 is 0 Å². The molecule has 0 aliphatic carbocycles. The second-order valence-electron chi connectivity index (χ2n) is 4.23. The predicted molar refractivity (Wildman–Crippen MR) is 82.1 cm³/mol. The minimum atomic E-state index is -1.41. The summed E-state index contributed by atoms with van der Waals surface area (Å²) >= 11 is 0. The summed E-state index contributed by atoms with van der Waals surface area (Å²) in [6.45, 7) is 0. The Kier molecular flexibility index (Phi) is 7.08. The number of carbonyl (C=O) groups is 2. The quantitative estimate of drug-likeness (QED) is 0.754. The third kappa shape index (κ3) is 6.49. The van der Waals surface area contributed by atoms with Gasteiger partial charge in [0, 0.05) is 6.08 Å². The van der Waals surface area contributed by atoms with Crippen molar-refractivity contribution in [2.24, 2.45) is 0 Å². The third-order valence-electron chi connectivity index (χ3n) is 2.57. The van der Waals surface area contributed by atoms with E-state index in [4.69, 9.17) is 15.3 Å². The lowest BCUT2D eigenvalue weighted by atomic mass is 10.1. The van der Waals surface area contributed by atoms with Crippen LogP contribution in [0.1, 0.15) is 17.2 Å². The molecular weight excluding hydrogens is 284 g/mol. The average Bonchev–Trinajstić information content (AvgIpc) is 2.54. The molecule has 0 saturated carbocycles. The monoisotopic (exact) mass is 300 g/mol. The Labute approximate surface area is 127 Å². The zero-order valence-corrected chi connectivity index (χ0v) is 11.7. The second-order valence-corrected chi connectivity index (χ2v) is 4.23. The molecule has 0 aliphatic rings. The van der Waals surface area contributed by atoms with E-state index >= 15 is 0 Å². The Balaban J connectivity index is 0.000000220. The van der Waals surface area contributed by atoms with Crippen molar-refractivity contribution in [3.63, 3.8) is 0 Å². The van der Waals surface area contributed by atoms with Gasteiger partial charge in [0.05, 0.1) is 0 Å². The molecule has 0 amide bonds. The van der Waals surface area contributed by atoms with Crippen LogP contribution in [0.2, 0.25) is 0 Å². The predicted octanol–water partition coefficient (Wildman–Crippen LogP) is 2.59. The minimum absolute atomic E-state index is 0.403. The van der Waals surface area contributed by atoms with Crippen LogP contribution in [0, 0.1) is 0 Å². The molecule has 22 heavy (non-hydrogen) atoms. The first kappa shape index (κ1) is 17.1. The number of hydrogen-bond acceptors (Lipinski definition) is 3. The van der Waals surface area contributed by atoms with Gasteiger partial charge in [0.1, 0.15) is 0 Å². The van der Waals surface area contributed by atoms with Crippen molar-refractivity contribution >= 4 is 18.0 Å². The first-order valence-electron chi connectivity index (χ1n) is 6.42. The number of aliphatic carboxylic acids is 2. The maximum absolute atomic E-state index is 10.2. The summed E-state index contributed by atoms with van der Waals surface area (Å²) in [6, 6.07) is 17.6. The van der Waals surface area contributed by atoms with Gasteiger partial charge in [-0.3, -0.25) is 0 Å². The van der Waals surface area contributed by atoms with Gasteiger partial charge in [-0.1, -0.05) is 60.7 Å². The van der Waals surface area contributed by atoms with E-state index in [1.165, 1.54) is 0 Å². The summed E-state index contributed by atoms with van der Waals surface area (Å²) in [5.41, 5.74) is 1.30. The van der Waals surface area contributed by atoms with E-state index < -0.39 is 18.0 Å². The number of rotatable bonds is 4. The molecular formula is C17H16O5. The third-order valence-corrected chi connectivity index (χ3v) is 2.57. The van der Waals surface area contributed by atoms with Gasteiger partial charge in [0.25, 0.3) is 0 Å². The molecule has 0 bridgehead atoms. The van der Waals surface area contributed by atoms with Gasteiger partial charge < -0.3 is 15.3 Å². The van der Waals surface area contributed by atoms with E-state index in [0.717, 1.165) is 11.6 Å². The van der Waals surface area contributed by atoms with E-state index in [1.807, 2.05) is 30.3 Å². The molecule has 2 aromatic rings. The maximum Gasteiger partial charge on any atom is 0.337 e. The summed E-state index contributed by atoms with van der Waals surface area (Å²) in [7, 11) is 0. The lowest BCUT2D eigenvalue weighted by molar-refractivity contribution is -0.147. The van der Waals surface area contributed by atoms with Crippen molar-refractivity contribution < 1.29 is 24.9 Å². The number of aliphatic hydroxyl groups is 1. The molecule has 2 rings (SSSR count). The lowest BCUT2D eigenvalue weighted by Gasteiger charge is -2.03. The molecule has 0 aromatic heterocycles. The van der Waals surface area contributed by atoms with E-state index in [0.29, 0.717) is 5.56 Å². The van der Waals surface area contributed by atoms with Crippen LogP contribution < -0.4 is 0 Å². The SMILES string of the molecule is O=C(O)C(O)c1ccccc1.O=C(O)C=Cc1ccccc1. The molecule has 0 spiro atoms. The Hall–Kier alpha value is -2.92. The van der Waals surface area contributed by atoms with Gasteiger partial charge in [-0.15, -0.1) is 0 Å². The highest BCUT2D eigenvalue weighted by Gasteiger charge is 2.14. The number of hydrogen-bond donors (Lipinski definition) is 3. The topological polar surface area (TPSA) is 94.8 Å². The fourth-order valence-electron chi connectivity index (χ4n) is 1.51. The highest BCUT2D eigenvalue weighted by atomic mass is 16.4. The van der Waals surface area contributed by atoms with Gasteiger partial charge in [-0.2, -0.15) is 0 Å². The molecule has 0 fully saturated rings. The largest absolute Gasteiger partial charge is 0.479 e. The molecule has 0 saturated heterocycles. The highest BCUT2D eigenvalue weighted by molar-refractivity contribution is 5.85. The smallest absolute Gasteiger partial charge is 0.337 e. The van der Waals surface area contributed by atoms with Crippen molar-refractivity contribution in [1.82, 2.24) is 0 Å². The molecule has 1 atom stereocenters. The van der Waals surface area contributed by atoms with Gasteiger partial charge >= 0.3 is 11.9 Å². The van der Waals surface area contributed by atoms with Crippen LogP contribution in [0.15, 0.2) is 66.7 Å². The summed E-state index contributed by atoms with van der Waals surface area (Å²) in [6.07, 6.45) is 1.27. The summed E-state index contributed by atoms with van der Waals surface area (Å²) in [5, 5.41) is 25.7. The summed E-state index contributed by atoms with van der Waals surface area (Å²) < 4.78 is 0. The van der Waals surface area contributed by atoms with Crippen LogP contribution in [-0.2, 0) is 9.59 Å². The Morgan fingerprint density at radius 2 is 1.36 bits per heavy atom. The Morgan fingerprint density at radius 3 is 1.82 bits per heavy atom. The highest BCUT2D eigenvalue weighted by Crippen LogP contribution is 2.10. The lowest BCUT2D eigenvalue weighted by Crippen LogP contribution is -2.09. The van der Waals surface area contributed by atoms with Crippen LogP contribution in [0.5, 0.6) is 0 Å². The van der Waals surface area contributed by atoms with Crippen molar-refractivity contribution in [3.05, 3.63) is 77.9 Å². The maximum atomic E-state index is 10.2. The summed E-state index contributed by atoms with van der Waals surface area (Å²) in [5.74, 6) is -2.15. The molecule has 2 aromatic carbocycles. The molecule has 0 radical (unpaired) electrons. The number of benzene rings is 2. The van der Waals surface area contributed by atoms with E-state index in [1.54, 1.807) is 36.4 Å². The molecule has 3 N–H and O–H groups in total. The Bertz CT molecular complexity index is 620. The van der Waals surface area contributed by atoms with E-state index in [-0.39, 0.29) is 0 Å². The van der Waals surface area contributed by atoms with Crippen molar-refractivity contribution in [2.75, 3.05) is 0 Å². The second kappa shape index (κ2) is 9.10. The standard InChI is InChI=1S/C9H8O2.C8H8O3/c10-9(11)7-6-8-4-2-1-3-5-8;9-7(8(10)11)6-4-2-1-3-5-6/h1-7H,(H,10,11);1-5,7,9H,(H,10,11). The molecule has 1 unspecified atom stereocenters. The van der Waals surface area contributed by atoms with Crippen LogP contribution in [-0.4, -0.2) is 27.3 Å². The molecule has 0 aliphatic heterocycles. The Morgan fingerprint density at radius 1 is 0.864 bits per heavy atom. The van der Waals surface area contributed by atoms with Crippen molar-refractivity contribution in [1.29, 1.82) is 0 Å². The molecule has 114 valence electrons. The van der Waals surface area contributed by atoms with Gasteiger partial charge in [-0.05, 0) is 17.2 Å². The number of aliphatic hydroxyl groups excluding tert-OH is 1. The fourth-order valence-corrected chi connectivity index (χ4v) is 1.51. The normalized spacial score (nSPS) is 11.3. The van der Waals surface area contributed by atoms with E-state index in [9.17, 15) is 9.59 Å². The van der Waals surface area contributed by atoms with Crippen LogP contribution in [0.25, 0.3) is 6.08 Å². The zero-order valence-electron chi connectivity index (χ0n) is 11.7. The van der Waals surface area contributed by atoms with Gasteiger partial charge in [-0.25, -0.2) is 9.59 Å². The molecule has 5 heteroatoms. The first-order valence-corrected chi connectivity index (χ1v) is 6.42. The molecule has 5 nitrogen and oxygen atoms in total. The first-order chi connectivity index (χ1) is 10.5. The average molecular weight is 300 g/mol. The van der Waals surface area contributed by atoms with Crippen molar-refractivity contribution in [3.8, 4) is 0 Å². The number of carboxylic acid groups (broad SMARTS) is 2. The van der Waals surface area contributed by atoms with Gasteiger partial charge in [0.2, 0.25) is 0 Å².